The summed E-state index contributed by atoms with van der Waals surface area (Å²) in [4.78, 5) is 13.9. The summed E-state index contributed by atoms with van der Waals surface area (Å²) < 4.78 is 2.78. The van der Waals surface area contributed by atoms with Crippen LogP contribution in [0.1, 0.15) is 16.8 Å². The monoisotopic (exact) mass is 410 g/mol. The Bertz CT molecular complexity index is 888. The molecule has 0 N–H and O–H groups in total. The molecule has 0 aliphatic heterocycles. The molecule has 0 bridgehead atoms. The minimum Gasteiger partial charge on any atom is -0.338 e. The van der Waals surface area contributed by atoms with Crippen LogP contribution in [0.25, 0.3) is 6.08 Å². The summed E-state index contributed by atoms with van der Waals surface area (Å²) in [5, 5.41) is 8.18. The van der Waals surface area contributed by atoms with Crippen LogP contribution in [0.2, 0.25) is 0 Å². The van der Waals surface area contributed by atoms with Gasteiger partial charge in [0.15, 0.2) is 0 Å². The van der Waals surface area contributed by atoms with Gasteiger partial charge in [0.25, 0.3) is 0 Å². The van der Waals surface area contributed by atoms with Gasteiger partial charge in [-0.05, 0) is 29.3 Å². The summed E-state index contributed by atoms with van der Waals surface area (Å²) in [5.41, 5.74) is 2.89. The molecule has 2 aromatic carbocycles. The summed E-state index contributed by atoms with van der Waals surface area (Å²) in [7, 11) is 1.78. The summed E-state index contributed by atoms with van der Waals surface area (Å²) >= 11 is 3.41. The molecular weight excluding hydrogens is 392 g/mol. The van der Waals surface area contributed by atoms with Crippen molar-refractivity contribution >= 4 is 27.9 Å². The van der Waals surface area contributed by atoms with E-state index in [4.69, 9.17) is 0 Å². The lowest BCUT2D eigenvalue weighted by Gasteiger charge is -2.15. The van der Waals surface area contributed by atoms with E-state index in [0.29, 0.717) is 18.8 Å². The summed E-state index contributed by atoms with van der Waals surface area (Å²) in [6, 6.07) is 18.0. The molecule has 0 atom stereocenters. The second-order valence-electron chi connectivity index (χ2n) is 5.98. The average molecular weight is 411 g/mol. The minimum atomic E-state index is -0.0782. The van der Waals surface area contributed by atoms with Crippen LogP contribution in [-0.2, 0) is 17.9 Å². The molecule has 1 heterocycles. The van der Waals surface area contributed by atoms with Crippen molar-refractivity contribution in [1.29, 1.82) is 0 Å². The maximum Gasteiger partial charge on any atom is 0.246 e. The van der Waals surface area contributed by atoms with Crippen molar-refractivity contribution in [3.05, 3.63) is 88.2 Å². The van der Waals surface area contributed by atoms with Crippen LogP contribution >= 0.6 is 15.9 Å². The van der Waals surface area contributed by atoms with Gasteiger partial charge in [-0.3, -0.25) is 4.79 Å². The van der Waals surface area contributed by atoms with Gasteiger partial charge >= 0.3 is 0 Å². The Morgan fingerprint density at radius 2 is 1.85 bits per heavy atom. The van der Waals surface area contributed by atoms with Gasteiger partial charge in [0, 0.05) is 24.1 Å². The van der Waals surface area contributed by atoms with Gasteiger partial charge < -0.3 is 4.90 Å². The van der Waals surface area contributed by atoms with Crippen LogP contribution in [0.15, 0.2) is 71.3 Å². The average Bonchev–Trinajstić information content (AvgIpc) is 3.09. The van der Waals surface area contributed by atoms with E-state index in [9.17, 15) is 4.79 Å². The molecule has 1 aromatic heterocycles. The lowest BCUT2D eigenvalue weighted by Crippen LogP contribution is -2.24. The zero-order chi connectivity index (χ0) is 18.4. The Balaban J connectivity index is 1.57. The molecule has 6 heteroatoms. The fourth-order valence-corrected chi connectivity index (χ4v) is 2.73. The highest BCUT2D eigenvalue weighted by Crippen LogP contribution is 2.12. The maximum atomic E-state index is 12.3. The number of amides is 1. The van der Waals surface area contributed by atoms with Crippen LogP contribution < -0.4 is 0 Å². The number of rotatable bonds is 6. The third-order valence-electron chi connectivity index (χ3n) is 3.85. The van der Waals surface area contributed by atoms with Crippen molar-refractivity contribution in [3.8, 4) is 0 Å². The lowest BCUT2D eigenvalue weighted by atomic mass is 10.2. The second kappa shape index (κ2) is 8.58. The Morgan fingerprint density at radius 3 is 2.58 bits per heavy atom. The first-order chi connectivity index (χ1) is 12.6. The minimum absolute atomic E-state index is 0.0782. The molecule has 3 aromatic rings. The van der Waals surface area contributed by atoms with Gasteiger partial charge in [0.05, 0.1) is 12.7 Å². The number of benzene rings is 2. The third-order valence-corrected chi connectivity index (χ3v) is 4.38. The molecule has 0 aliphatic carbocycles. The fourth-order valence-electron chi connectivity index (χ4n) is 2.46. The first-order valence-electron chi connectivity index (χ1n) is 8.22. The van der Waals surface area contributed by atoms with E-state index < -0.39 is 0 Å². The topological polar surface area (TPSA) is 51.0 Å². The first-order valence-corrected chi connectivity index (χ1v) is 9.01. The fraction of sp³-hybridized carbons (Fsp3) is 0.150. The van der Waals surface area contributed by atoms with Crippen LogP contribution in [0, 0.1) is 0 Å². The van der Waals surface area contributed by atoms with Crippen molar-refractivity contribution < 1.29 is 4.79 Å². The van der Waals surface area contributed by atoms with Crippen LogP contribution in [0.5, 0.6) is 0 Å². The van der Waals surface area contributed by atoms with Gasteiger partial charge in [-0.15, -0.1) is 5.10 Å². The molecule has 0 fully saturated rings. The standard InChI is InChI=1S/C20H19BrN4O/c1-24(13-17-7-9-18(21)10-8-17)20(26)12-11-19-15-25(23-22-19)14-16-5-3-2-4-6-16/h2-12,15H,13-14H2,1H3/b12-11+. The van der Waals surface area contributed by atoms with E-state index in [0.717, 1.165) is 15.6 Å². The molecule has 132 valence electrons. The number of likely N-dealkylation sites (N-methyl/N-ethyl adjacent to an activating group) is 1. The molecule has 0 aliphatic rings. The summed E-state index contributed by atoms with van der Waals surface area (Å²) in [6.07, 6.45) is 5.04. The molecule has 0 spiro atoms. The van der Waals surface area contributed by atoms with E-state index in [1.54, 1.807) is 22.7 Å². The van der Waals surface area contributed by atoms with Crippen LogP contribution in [0.4, 0.5) is 0 Å². The quantitative estimate of drug-likeness (QED) is 0.581. The second-order valence-corrected chi connectivity index (χ2v) is 6.90. The Kier molecular flexibility index (Phi) is 5.96. The van der Waals surface area contributed by atoms with Crippen molar-refractivity contribution in [2.45, 2.75) is 13.1 Å². The van der Waals surface area contributed by atoms with Crippen LogP contribution in [0.3, 0.4) is 0 Å². The number of nitrogens with zero attached hydrogens (tertiary/aromatic N) is 4. The SMILES string of the molecule is CN(Cc1ccc(Br)cc1)C(=O)/C=C/c1cn(Cc2ccccc2)nn1. The molecule has 5 nitrogen and oxygen atoms in total. The predicted octanol–water partition coefficient (Wildman–Crippen LogP) is 3.76. The van der Waals surface area contributed by atoms with Gasteiger partial charge in [-0.1, -0.05) is 63.6 Å². The molecule has 0 saturated heterocycles. The van der Waals surface area contributed by atoms with Gasteiger partial charge in [0.1, 0.15) is 5.69 Å². The van der Waals surface area contributed by atoms with E-state index in [2.05, 4.69) is 26.2 Å². The molecule has 26 heavy (non-hydrogen) atoms. The number of carbonyl (C=O) groups excluding carboxylic acids is 1. The van der Waals surface area contributed by atoms with Gasteiger partial charge in [-0.2, -0.15) is 0 Å². The zero-order valence-corrected chi connectivity index (χ0v) is 16.0. The molecule has 0 radical (unpaired) electrons. The van der Waals surface area contributed by atoms with Crippen molar-refractivity contribution in [2.75, 3.05) is 7.05 Å². The summed E-state index contributed by atoms with van der Waals surface area (Å²) in [5.74, 6) is -0.0782. The maximum absolute atomic E-state index is 12.3. The molecule has 0 unspecified atom stereocenters. The molecular formula is C20H19BrN4O. The number of hydrogen-bond acceptors (Lipinski definition) is 3. The highest BCUT2D eigenvalue weighted by Gasteiger charge is 2.06. The predicted molar refractivity (Wildman–Crippen MR) is 105 cm³/mol. The first kappa shape index (κ1) is 18.1. The van der Waals surface area contributed by atoms with Crippen LogP contribution in [-0.4, -0.2) is 32.8 Å². The zero-order valence-electron chi connectivity index (χ0n) is 14.4. The van der Waals surface area contributed by atoms with Crippen molar-refractivity contribution in [3.63, 3.8) is 0 Å². The number of carbonyl (C=O) groups is 1. The molecule has 0 saturated carbocycles. The van der Waals surface area contributed by atoms with E-state index in [1.165, 1.54) is 6.08 Å². The number of aromatic nitrogens is 3. The van der Waals surface area contributed by atoms with E-state index in [1.807, 2.05) is 60.8 Å². The highest BCUT2D eigenvalue weighted by molar-refractivity contribution is 9.10. The number of hydrogen-bond donors (Lipinski definition) is 0. The smallest absolute Gasteiger partial charge is 0.246 e. The lowest BCUT2D eigenvalue weighted by molar-refractivity contribution is -0.125. The largest absolute Gasteiger partial charge is 0.338 e. The molecule has 3 rings (SSSR count). The van der Waals surface area contributed by atoms with E-state index in [-0.39, 0.29) is 5.91 Å². The molecule has 1 amide bonds. The van der Waals surface area contributed by atoms with E-state index >= 15 is 0 Å². The Hall–Kier alpha value is -2.73. The Labute approximate surface area is 161 Å². The van der Waals surface area contributed by atoms with Crippen molar-refractivity contribution in [2.24, 2.45) is 0 Å². The van der Waals surface area contributed by atoms with Crippen molar-refractivity contribution in [1.82, 2.24) is 19.9 Å². The number of halogens is 1. The highest BCUT2D eigenvalue weighted by atomic mass is 79.9. The third kappa shape index (κ3) is 5.13. The normalized spacial score (nSPS) is 11.0. The summed E-state index contributed by atoms with van der Waals surface area (Å²) in [6.45, 7) is 1.20. The van der Waals surface area contributed by atoms with Gasteiger partial charge in [-0.25, -0.2) is 4.68 Å². The Morgan fingerprint density at radius 1 is 1.12 bits per heavy atom. The van der Waals surface area contributed by atoms with Gasteiger partial charge in [0.2, 0.25) is 5.91 Å².